The molecule has 2 heterocycles. The molecule has 1 aliphatic rings. The molecule has 1 N–H and O–H groups in total. The van der Waals surface area contributed by atoms with Crippen LogP contribution >= 0.6 is 0 Å². The monoisotopic (exact) mass is 433 g/mol. The minimum Gasteiger partial charge on any atom is -0.490 e. The van der Waals surface area contributed by atoms with Crippen LogP contribution < -0.4 is 14.8 Å². The van der Waals surface area contributed by atoms with E-state index in [0.29, 0.717) is 41.9 Å². The number of carbonyl (C=O) groups is 1. The van der Waals surface area contributed by atoms with Crippen molar-refractivity contribution in [3.8, 4) is 11.5 Å². The van der Waals surface area contributed by atoms with Gasteiger partial charge in [-0.3, -0.25) is 4.57 Å². The molecule has 0 aliphatic carbocycles. The number of carbonyl (C=O) groups excluding carboxylic acids is 1. The minimum atomic E-state index is -0.453. The number of hydrogen-bond acceptors (Lipinski definition) is 6. The molecule has 4 rings (SSSR count). The van der Waals surface area contributed by atoms with Crippen molar-refractivity contribution in [3.05, 3.63) is 72.0 Å². The Kier molecular flexibility index (Phi) is 6.16. The van der Waals surface area contributed by atoms with Crippen molar-refractivity contribution in [3.63, 3.8) is 0 Å². The van der Waals surface area contributed by atoms with Crippen LogP contribution in [0.4, 0.5) is 5.95 Å². The van der Waals surface area contributed by atoms with Crippen LogP contribution in [-0.2, 0) is 9.53 Å². The lowest BCUT2D eigenvalue weighted by Gasteiger charge is -2.30. The highest BCUT2D eigenvalue weighted by Gasteiger charge is 2.35. The van der Waals surface area contributed by atoms with Crippen LogP contribution in [0.1, 0.15) is 32.4 Å². The highest BCUT2D eigenvalue weighted by molar-refractivity contribution is 5.94. The summed E-state index contributed by atoms with van der Waals surface area (Å²) in [5.74, 6) is 1.56. The third-order valence-electron chi connectivity index (χ3n) is 5.27. The quantitative estimate of drug-likeness (QED) is 0.404. The van der Waals surface area contributed by atoms with Crippen LogP contribution in [-0.4, -0.2) is 35.3 Å². The number of rotatable bonds is 8. The summed E-state index contributed by atoms with van der Waals surface area (Å²) in [6.07, 6.45) is 1.56. The van der Waals surface area contributed by atoms with Gasteiger partial charge in [0.05, 0.1) is 35.9 Å². The Morgan fingerprint density at radius 2 is 1.91 bits per heavy atom. The number of fused-ring (bicyclic) bond motifs is 3. The zero-order valence-electron chi connectivity index (χ0n) is 18.6. The predicted octanol–water partition coefficient (Wildman–Crippen LogP) is 4.85. The number of aromatic nitrogens is 2. The van der Waals surface area contributed by atoms with E-state index in [0.717, 1.165) is 16.6 Å². The molecule has 7 nitrogen and oxygen atoms in total. The Hall–Kier alpha value is -3.74. The molecule has 0 saturated heterocycles. The Balaban J connectivity index is 1.92. The molecule has 0 bridgehead atoms. The average molecular weight is 434 g/mol. The van der Waals surface area contributed by atoms with Crippen molar-refractivity contribution >= 4 is 23.0 Å². The zero-order valence-corrected chi connectivity index (χ0v) is 18.6. The molecule has 1 atom stereocenters. The van der Waals surface area contributed by atoms with E-state index in [-0.39, 0.29) is 6.61 Å². The van der Waals surface area contributed by atoms with Crippen LogP contribution in [0, 0.1) is 0 Å². The molecule has 0 fully saturated rings. The van der Waals surface area contributed by atoms with Crippen molar-refractivity contribution in [1.29, 1.82) is 0 Å². The van der Waals surface area contributed by atoms with Crippen molar-refractivity contribution in [2.45, 2.75) is 26.8 Å². The number of hydrogen-bond donors (Lipinski definition) is 1. The normalized spacial score (nSPS) is 15.2. The number of benzene rings is 2. The van der Waals surface area contributed by atoms with Gasteiger partial charge >= 0.3 is 5.97 Å². The van der Waals surface area contributed by atoms with Crippen LogP contribution in [0.2, 0.25) is 0 Å². The molecule has 3 aromatic rings. The number of nitrogens with zero attached hydrogens (tertiary/aromatic N) is 2. The Bertz CT molecular complexity index is 1200. The Labute approximate surface area is 187 Å². The lowest BCUT2D eigenvalue weighted by Crippen LogP contribution is -2.29. The number of nitrogens with one attached hydrogen (secondary N) is 1. The van der Waals surface area contributed by atoms with Gasteiger partial charge < -0.3 is 19.5 Å². The van der Waals surface area contributed by atoms with E-state index in [1.54, 1.807) is 6.08 Å². The van der Waals surface area contributed by atoms with Gasteiger partial charge in [0, 0.05) is 5.70 Å². The number of allylic oxidation sites excluding steroid dienone is 1. The minimum absolute atomic E-state index is 0.132. The maximum atomic E-state index is 13.1. The van der Waals surface area contributed by atoms with Gasteiger partial charge in [0.1, 0.15) is 6.61 Å². The van der Waals surface area contributed by atoms with Crippen LogP contribution in [0.5, 0.6) is 11.5 Å². The van der Waals surface area contributed by atoms with Gasteiger partial charge in [-0.25, -0.2) is 9.78 Å². The first-order chi connectivity index (χ1) is 15.6. The van der Waals surface area contributed by atoms with Crippen molar-refractivity contribution in [1.82, 2.24) is 9.55 Å². The van der Waals surface area contributed by atoms with Crippen LogP contribution in [0.15, 0.2) is 66.4 Å². The van der Waals surface area contributed by atoms with E-state index in [2.05, 4.69) is 11.9 Å². The predicted molar refractivity (Wildman–Crippen MR) is 124 cm³/mol. The highest BCUT2D eigenvalue weighted by Crippen LogP contribution is 2.42. The fourth-order valence-electron chi connectivity index (χ4n) is 3.99. The van der Waals surface area contributed by atoms with Gasteiger partial charge in [0.2, 0.25) is 5.95 Å². The maximum Gasteiger partial charge on any atom is 0.338 e. The summed E-state index contributed by atoms with van der Waals surface area (Å²) in [4.78, 5) is 17.9. The van der Waals surface area contributed by atoms with E-state index in [1.165, 1.54) is 0 Å². The van der Waals surface area contributed by atoms with Crippen LogP contribution in [0.25, 0.3) is 11.0 Å². The molecule has 1 aromatic heterocycles. The van der Waals surface area contributed by atoms with E-state index in [4.69, 9.17) is 19.2 Å². The zero-order chi connectivity index (χ0) is 22.7. The van der Waals surface area contributed by atoms with E-state index in [1.807, 2.05) is 67.8 Å². The largest absolute Gasteiger partial charge is 0.490 e. The smallest absolute Gasteiger partial charge is 0.338 e. The van der Waals surface area contributed by atoms with Gasteiger partial charge in [-0.2, -0.15) is 0 Å². The second kappa shape index (κ2) is 9.18. The van der Waals surface area contributed by atoms with E-state index in [9.17, 15) is 4.79 Å². The summed E-state index contributed by atoms with van der Waals surface area (Å²) in [7, 11) is 0. The first-order valence-corrected chi connectivity index (χ1v) is 10.7. The molecule has 0 saturated carbocycles. The summed E-state index contributed by atoms with van der Waals surface area (Å²) in [6.45, 7) is 10.5. The Morgan fingerprint density at radius 3 is 2.66 bits per heavy atom. The summed E-state index contributed by atoms with van der Waals surface area (Å²) in [5.41, 5.74) is 3.82. The summed E-state index contributed by atoms with van der Waals surface area (Å²) in [5, 5.41) is 3.28. The topological polar surface area (TPSA) is 74.6 Å². The third-order valence-corrected chi connectivity index (χ3v) is 5.27. The molecular formula is C25H27N3O4. The molecule has 32 heavy (non-hydrogen) atoms. The molecular weight excluding hydrogens is 406 g/mol. The number of ether oxygens (including phenoxy) is 3. The average Bonchev–Trinajstić information content (AvgIpc) is 3.16. The molecule has 0 spiro atoms. The van der Waals surface area contributed by atoms with Crippen LogP contribution in [0.3, 0.4) is 0 Å². The summed E-state index contributed by atoms with van der Waals surface area (Å²) < 4.78 is 19.1. The van der Waals surface area contributed by atoms with Gasteiger partial charge in [-0.05, 0) is 50.6 Å². The van der Waals surface area contributed by atoms with Crippen molar-refractivity contribution in [2.75, 3.05) is 25.1 Å². The molecule has 2 aromatic carbocycles. The standard InChI is InChI=1S/C25H27N3O4/c1-5-14-32-24(29)22-16(4)26-25-27-18-10-8-9-11-19(18)28(25)23(22)17-12-13-20(30-6-2)21(15-17)31-7-3/h5,8-13,15,23H,1,6-7,14H2,2-4H3,(H,26,27). The molecule has 0 radical (unpaired) electrons. The second-order valence-corrected chi connectivity index (χ2v) is 7.32. The molecule has 0 amide bonds. The number of imidazole rings is 1. The fourth-order valence-corrected chi connectivity index (χ4v) is 3.99. The van der Waals surface area contributed by atoms with Crippen molar-refractivity contribution in [2.24, 2.45) is 0 Å². The molecule has 1 unspecified atom stereocenters. The first-order valence-electron chi connectivity index (χ1n) is 10.7. The van der Waals surface area contributed by atoms with Gasteiger partial charge in [0.25, 0.3) is 0 Å². The maximum absolute atomic E-state index is 13.1. The SMILES string of the molecule is C=CCOC(=O)C1=C(C)Nc2nc3ccccc3n2C1c1ccc(OCC)c(OCC)c1. The number of esters is 1. The molecule has 1 aliphatic heterocycles. The lowest BCUT2D eigenvalue weighted by atomic mass is 9.94. The molecule has 166 valence electrons. The Morgan fingerprint density at radius 1 is 1.16 bits per heavy atom. The summed E-state index contributed by atoms with van der Waals surface area (Å²) in [6, 6.07) is 13.2. The second-order valence-electron chi connectivity index (χ2n) is 7.32. The van der Waals surface area contributed by atoms with E-state index >= 15 is 0 Å². The van der Waals surface area contributed by atoms with Gasteiger partial charge in [-0.1, -0.05) is 30.9 Å². The third kappa shape index (κ3) is 3.82. The van der Waals surface area contributed by atoms with Gasteiger partial charge in [-0.15, -0.1) is 0 Å². The highest BCUT2D eigenvalue weighted by atomic mass is 16.5. The fraction of sp³-hybridized carbons (Fsp3) is 0.280. The first kappa shape index (κ1) is 21.5. The van der Waals surface area contributed by atoms with E-state index < -0.39 is 12.0 Å². The summed E-state index contributed by atoms with van der Waals surface area (Å²) >= 11 is 0. The van der Waals surface area contributed by atoms with Crippen molar-refractivity contribution < 1.29 is 19.0 Å². The lowest BCUT2D eigenvalue weighted by molar-refractivity contribution is -0.138. The number of anilines is 1. The van der Waals surface area contributed by atoms with Gasteiger partial charge in [0.15, 0.2) is 11.5 Å². The number of para-hydroxylation sites is 2. The molecule has 7 heteroatoms.